The molecule has 5 rings (SSSR count). The highest BCUT2D eigenvalue weighted by Gasteiger charge is 2.24. The number of hydrogen-bond acceptors (Lipinski definition) is 4. The van der Waals surface area contributed by atoms with E-state index < -0.39 is 0 Å². The lowest BCUT2D eigenvalue weighted by atomic mass is 10.0. The molecule has 1 aliphatic rings. The number of benzene rings is 3. The minimum absolute atomic E-state index is 0.121. The molecule has 0 atom stereocenters. The number of rotatable bonds is 2. The highest BCUT2D eigenvalue weighted by molar-refractivity contribution is 7.22. The summed E-state index contributed by atoms with van der Waals surface area (Å²) in [7, 11) is 0. The van der Waals surface area contributed by atoms with Gasteiger partial charge in [0.05, 0.1) is 10.2 Å². The van der Waals surface area contributed by atoms with Crippen molar-refractivity contribution in [3.63, 3.8) is 0 Å². The zero-order chi connectivity index (χ0) is 18.2. The maximum Gasteiger partial charge on any atom is 0.254 e. The third-order valence-electron chi connectivity index (χ3n) is 5.14. The third kappa shape index (κ3) is 2.94. The normalized spacial score (nSPS) is 14.8. The predicted molar refractivity (Wildman–Crippen MR) is 112 cm³/mol. The molecule has 4 nitrogen and oxygen atoms in total. The first-order chi connectivity index (χ1) is 13.3. The number of carbonyl (C=O) groups excluding carboxylic acids is 1. The van der Waals surface area contributed by atoms with Crippen LogP contribution in [0.3, 0.4) is 0 Å². The van der Waals surface area contributed by atoms with Crippen molar-refractivity contribution in [2.45, 2.75) is 0 Å². The second kappa shape index (κ2) is 6.67. The van der Waals surface area contributed by atoms with E-state index in [0.717, 1.165) is 53.2 Å². The van der Waals surface area contributed by atoms with Gasteiger partial charge in [0.15, 0.2) is 5.13 Å². The monoisotopic (exact) mass is 373 g/mol. The van der Waals surface area contributed by atoms with Crippen LogP contribution < -0.4 is 4.90 Å². The SMILES string of the molecule is O=C(c1cccc2ccccc12)N1CCN(c2nc3ccccc3s2)CC1. The summed E-state index contributed by atoms with van der Waals surface area (Å²) >= 11 is 1.72. The van der Waals surface area contributed by atoms with Crippen LogP contribution in [0.1, 0.15) is 10.4 Å². The molecule has 134 valence electrons. The van der Waals surface area contributed by atoms with Crippen LogP contribution in [-0.4, -0.2) is 42.0 Å². The van der Waals surface area contributed by atoms with Crippen molar-refractivity contribution in [1.29, 1.82) is 0 Å². The quantitative estimate of drug-likeness (QED) is 0.522. The first-order valence-electron chi connectivity index (χ1n) is 9.17. The summed E-state index contributed by atoms with van der Waals surface area (Å²) in [5.41, 5.74) is 1.84. The topological polar surface area (TPSA) is 36.4 Å². The minimum Gasteiger partial charge on any atom is -0.345 e. The fraction of sp³-hybridized carbons (Fsp3) is 0.182. The van der Waals surface area contributed by atoms with E-state index in [4.69, 9.17) is 4.98 Å². The molecule has 2 heterocycles. The Balaban J connectivity index is 1.34. The molecule has 3 aromatic carbocycles. The molecule has 1 fully saturated rings. The molecule has 0 bridgehead atoms. The van der Waals surface area contributed by atoms with E-state index in [2.05, 4.69) is 29.2 Å². The van der Waals surface area contributed by atoms with Gasteiger partial charge in [0.2, 0.25) is 0 Å². The van der Waals surface area contributed by atoms with E-state index in [1.54, 1.807) is 11.3 Å². The Bertz CT molecular complexity index is 1090. The average Bonchev–Trinajstić information content (AvgIpc) is 3.17. The third-order valence-corrected chi connectivity index (χ3v) is 6.24. The number of carbonyl (C=O) groups is 1. The Labute approximate surface area is 161 Å². The molecule has 0 unspecified atom stereocenters. The van der Waals surface area contributed by atoms with Gasteiger partial charge >= 0.3 is 0 Å². The smallest absolute Gasteiger partial charge is 0.254 e. The first kappa shape index (κ1) is 16.3. The summed E-state index contributed by atoms with van der Waals surface area (Å²) in [5, 5.41) is 3.18. The number of anilines is 1. The van der Waals surface area contributed by atoms with Crippen LogP contribution in [0.2, 0.25) is 0 Å². The molecule has 5 heteroatoms. The van der Waals surface area contributed by atoms with E-state index >= 15 is 0 Å². The maximum atomic E-state index is 13.1. The van der Waals surface area contributed by atoms with E-state index in [-0.39, 0.29) is 5.91 Å². The van der Waals surface area contributed by atoms with Crippen molar-refractivity contribution in [3.05, 3.63) is 72.3 Å². The van der Waals surface area contributed by atoms with Crippen LogP contribution in [0, 0.1) is 0 Å². The second-order valence-electron chi connectivity index (χ2n) is 6.77. The first-order valence-corrected chi connectivity index (χ1v) is 9.99. The van der Waals surface area contributed by atoms with E-state index in [1.807, 2.05) is 47.4 Å². The molecule has 0 aliphatic carbocycles. The van der Waals surface area contributed by atoms with Crippen LogP contribution in [0.4, 0.5) is 5.13 Å². The van der Waals surface area contributed by atoms with Gasteiger partial charge in [-0.05, 0) is 29.0 Å². The van der Waals surface area contributed by atoms with E-state index in [0.29, 0.717) is 0 Å². The van der Waals surface area contributed by atoms with Crippen molar-refractivity contribution >= 4 is 43.4 Å². The predicted octanol–water partition coefficient (Wildman–Crippen LogP) is 4.41. The highest BCUT2D eigenvalue weighted by Crippen LogP contribution is 2.29. The van der Waals surface area contributed by atoms with Crippen molar-refractivity contribution < 1.29 is 4.79 Å². The summed E-state index contributed by atoms with van der Waals surface area (Å²) in [6.07, 6.45) is 0. The largest absolute Gasteiger partial charge is 0.345 e. The number of aromatic nitrogens is 1. The van der Waals surface area contributed by atoms with Crippen molar-refractivity contribution in [1.82, 2.24) is 9.88 Å². The van der Waals surface area contributed by atoms with Crippen LogP contribution in [0.5, 0.6) is 0 Å². The molecule has 0 radical (unpaired) electrons. The lowest BCUT2D eigenvalue weighted by Gasteiger charge is -2.34. The summed E-state index contributed by atoms with van der Waals surface area (Å²) in [6, 6.07) is 22.3. The molecule has 0 N–H and O–H groups in total. The summed E-state index contributed by atoms with van der Waals surface area (Å²) in [6.45, 7) is 3.07. The number of para-hydroxylation sites is 1. The number of piperazine rings is 1. The second-order valence-corrected chi connectivity index (χ2v) is 7.78. The number of nitrogens with zero attached hydrogens (tertiary/aromatic N) is 3. The van der Waals surface area contributed by atoms with Crippen molar-refractivity contribution in [2.75, 3.05) is 31.1 Å². The van der Waals surface area contributed by atoms with Crippen molar-refractivity contribution in [3.8, 4) is 0 Å². The Morgan fingerprint density at radius 3 is 2.44 bits per heavy atom. The van der Waals surface area contributed by atoms with Gasteiger partial charge in [0, 0.05) is 31.7 Å². The van der Waals surface area contributed by atoms with Gasteiger partial charge in [0.1, 0.15) is 0 Å². The Kier molecular flexibility index (Phi) is 4.02. The van der Waals surface area contributed by atoms with Crippen molar-refractivity contribution in [2.24, 2.45) is 0 Å². The fourth-order valence-corrected chi connectivity index (χ4v) is 4.70. The van der Waals surface area contributed by atoms with Gasteiger partial charge in [-0.3, -0.25) is 4.79 Å². The molecule has 1 aliphatic heterocycles. The molecule has 27 heavy (non-hydrogen) atoms. The molecule has 1 aromatic heterocycles. The van der Waals surface area contributed by atoms with Crippen LogP contribution in [0.25, 0.3) is 21.0 Å². The number of hydrogen-bond donors (Lipinski definition) is 0. The Hall–Kier alpha value is -2.92. The van der Waals surface area contributed by atoms with Gasteiger partial charge < -0.3 is 9.80 Å². The molecule has 4 aromatic rings. The van der Waals surface area contributed by atoms with Crippen LogP contribution >= 0.6 is 11.3 Å². The Morgan fingerprint density at radius 1 is 0.852 bits per heavy atom. The highest BCUT2D eigenvalue weighted by atomic mass is 32.1. The Morgan fingerprint density at radius 2 is 1.59 bits per heavy atom. The molecular weight excluding hydrogens is 354 g/mol. The number of amides is 1. The summed E-state index contributed by atoms with van der Waals surface area (Å²) < 4.78 is 1.21. The molecule has 1 saturated heterocycles. The van der Waals surface area contributed by atoms with E-state index in [1.165, 1.54) is 4.70 Å². The maximum absolute atomic E-state index is 13.1. The van der Waals surface area contributed by atoms with Gasteiger partial charge in [-0.2, -0.15) is 0 Å². The average molecular weight is 373 g/mol. The van der Waals surface area contributed by atoms with Gasteiger partial charge in [0.25, 0.3) is 5.91 Å². The molecule has 0 saturated carbocycles. The lowest BCUT2D eigenvalue weighted by Crippen LogP contribution is -2.48. The standard InChI is InChI=1S/C22H19N3OS/c26-21(18-9-5-7-16-6-1-2-8-17(16)18)24-12-14-25(15-13-24)22-23-19-10-3-4-11-20(19)27-22/h1-11H,12-15H2. The number of thiazole rings is 1. The van der Waals surface area contributed by atoms with Crippen LogP contribution in [0.15, 0.2) is 66.7 Å². The van der Waals surface area contributed by atoms with E-state index in [9.17, 15) is 4.79 Å². The molecule has 0 spiro atoms. The lowest BCUT2D eigenvalue weighted by molar-refractivity contribution is 0.0749. The van der Waals surface area contributed by atoms with Gasteiger partial charge in [-0.1, -0.05) is 59.9 Å². The minimum atomic E-state index is 0.121. The molecular formula is C22H19N3OS. The zero-order valence-corrected chi connectivity index (χ0v) is 15.7. The summed E-state index contributed by atoms with van der Waals surface area (Å²) in [4.78, 5) is 22.1. The van der Waals surface area contributed by atoms with Gasteiger partial charge in [-0.25, -0.2) is 4.98 Å². The fourth-order valence-electron chi connectivity index (χ4n) is 3.68. The van der Waals surface area contributed by atoms with Gasteiger partial charge in [-0.15, -0.1) is 0 Å². The zero-order valence-electron chi connectivity index (χ0n) is 14.8. The van der Waals surface area contributed by atoms with Crippen LogP contribution in [-0.2, 0) is 0 Å². The summed E-state index contributed by atoms with van der Waals surface area (Å²) in [5.74, 6) is 0.121. The number of fused-ring (bicyclic) bond motifs is 2. The molecule has 1 amide bonds.